The molecule has 1 unspecified atom stereocenters. The van der Waals surface area contributed by atoms with Crippen LogP contribution in [0.5, 0.6) is 0 Å². The second-order valence-electron chi connectivity index (χ2n) is 6.05. The Morgan fingerprint density at radius 1 is 1.29 bits per heavy atom. The summed E-state index contributed by atoms with van der Waals surface area (Å²) in [6.07, 6.45) is 3.35. The van der Waals surface area contributed by atoms with Gasteiger partial charge >= 0.3 is 0 Å². The highest BCUT2D eigenvalue weighted by Gasteiger charge is 2.40. The summed E-state index contributed by atoms with van der Waals surface area (Å²) < 4.78 is 0.207. The number of hydrogen-bond acceptors (Lipinski definition) is 3. The third kappa shape index (κ3) is 2.97. The van der Waals surface area contributed by atoms with Crippen LogP contribution in [-0.2, 0) is 4.79 Å². The van der Waals surface area contributed by atoms with Crippen molar-refractivity contribution in [3.8, 4) is 0 Å². The Hall–Kier alpha value is -0.220. The van der Waals surface area contributed by atoms with E-state index in [-0.39, 0.29) is 10.3 Å². The molecule has 1 atom stereocenters. The van der Waals surface area contributed by atoms with E-state index in [1.165, 1.54) is 12.8 Å². The topological polar surface area (TPSA) is 32.3 Å². The average Bonchev–Trinajstić information content (AvgIpc) is 2.27. The first-order chi connectivity index (χ1) is 7.93. The van der Waals surface area contributed by atoms with Crippen LogP contribution in [0.25, 0.3) is 0 Å². The van der Waals surface area contributed by atoms with E-state index in [0.717, 1.165) is 31.8 Å². The Morgan fingerprint density at radius 3 is 2.65 bits per heavy atom. The van der Waals surface area contributed by atoms with Crippen molar-refractivity contribution in [2.45, 2.75) is 50.3 Å². The molecule has 0 aliphatic carbocycles. The fourth-order valence-corrected chi connectivity index (χ4v) is 3.89. The smallest absolute Gasteiger partial charge is 0.242 e. The molecule has 0 aromatic rings. The number of thioether (sulfide) groups is 1. The van der Waals surface area contributed by atoms with Gasteiger partial charge in [0.05, 0.1) is 5.54 Å². The minimum absolute atomic E-state index is 0.207. The van der Waals surface area contributed by atoms with Gasteiger partial charge in [-0.05, 0) is 46.6 Å². The Morgan fingerprint density at radius 2 is 2.06 bits per heavy atom. The highest BCUT2D eigenvalue weighted by atomic mass is 32.2. The van der Waals surface area contributed by atoms with Crippen LogP contribution in [-0.4, -0.2) is 46.5 Å². The fraction of sp³-hybridized carbons (Fsp3) is 0.923. The number of piperidine rings is 1. The molecule has 0 bridgehead atoms. The summed E-state index contributed by atoms with van der Waals surface area (Å²) in [4.78, 5) is 14.7. The van der Waals surface area contributed by atoms with Crippen molar-refractivity contribution in [1.29, 1.82) is 0 Å². The van der Waals surface area contributed by atoms with Crippen LogP contribution >= 0.6 is 11.8 Å². The molecule has 0 aromatic heterocycles. The summed E-state index contributed by atoms with van der Waals surface area (Å²) in [6, 6.07) is 0. The van der Waals surface area contributed by atoms with Gasteiger partial charge in [-0.25, -0.2) is 0 Å². The van der Waals surface area contributed by atoms with Gasteiger partial charge in [-0.2, -0.15) is 11.8 Å². The zero-order valence-electron chi connectivity index (χ0n) is 11.2. The molecule has 2 aliphatic heterocycles. The number of nitrogens with zero attached hydrogens (tertiary/aromatic N) is 1. The molecule has 4 heteroatoms. The van der Waals surface area contributed by atoms with Crippen LogP contribution in [0.4, 0.5) is 0 Å². The minimum atomic E-state index is -0.309. The molecule has 1 N–H and O–H groups in total. The Labute approximate surface area is 109 Å². The van der Waals surface area contributed by atoms with Gasteiger partial charge in [-0.1, -0.05) is 0 Å². The number of carbonyl (C=O) groups excluding carboxylic acids is 1. The molecular formula is C13H24N2OS. The molecule has 1 amide bonds. The third-order valence-corrected chi connectivity index (χ3v) is 5.10. The van der Waals surface area contributed by atoms with Gasteiger partial charge in [-0.15, -0.1) is 0 Å². The monoisotopic (exact) mass is 256 g/mol. The number of nitrogens with one attached hydrogen (secondary N) is 1. The Bertz CT molecular complexity index is 298. The molecule has 2 aliphatic rings. The summed E-state index contributed by atoms with van der Waals surface area (Å²) in [7, 11) is 0. The second-order valence-corrected chi connectivity index (χ2v) is 7.85. The Balaban J connectivity index is 2.03. The number of hydrogen-bond donors (Lipinski definition) is 1. The summed E-state index contributed by atoms with van der Waals surface area (Å²) in [5, 5.41) is 3.42. The Kier molecular flexibility index (Phi) is 3.74. The van der Waals surface area contributed by atoms with Crippen molar-refractivity contribution in [1.82, 2.24) is 10.2 Å². The summed E-state index contributed by atoms with van der Waals surface area (Å²) >= 11 is 1.97. The second kappa shape index (κ2) is 4.81. The maximum atomic E-state index is 12.6. The van der Waals surface area contributed by atoms with Crippen molar-refractivity contribution < 1.29 is 4.79 Å². The van der Waals surface area contributed by atoms with E-state index in [4.69, 9.17) is 0 Å². The van der Waals surface area contributed by atoms with Crippen LogP contribution in [0.3, 0.4) is 0 Å². The lowest BCUT2D eigenvalue weighted by molar-refractivity contribution is -0.139. The lowest BCUT2D eigenvalue weighted by atomic mass is 9.89. The molecule has 2 fully saturated rings. The molecule has 98 valence electrons. The maximum absolute atomic E-state index is 12.6. The first kappa shape index (κ1) is 13.2. The average molecular weight is 256 g/mol. The number of amides is 1. The van der Waals surface area contributed by atoms with Crippen molar-refractivity contribution in [3.63, 3.8) is 0 Å². The minimum Gasteiger partial charge on any atom is -0.339 e. The van der Waals surface area contributed by atoms with Gasteiger partial charge in [0, 0.05) is 23.6 Å². The quantitative estimate of drug-likeness (QED) is 0.777. The normalized spacial score (nSPS) is 33.5. The predicted molar refractivity (Wildman–Crippen MR) is 73.4 cm³/mol. The van der Waals surface area contributed by atoms with E-state index in [1.54, 1.807) is 0 Å². The summed E-state index contributed by atoms with van der Waals surface area (Å²) in [5.41, 5.74) is -0.309. The van der Waals surface area contributed by atoms with Crippen LogP contribution < -0.4 is 5.32 Å². The largest absolute Gasteiger partial charge is 0.339 e. The SMILES string of the molecule is CC1(C)CN(C(=O)C2(C)CCCCN2)CCS1. The molecule has 3 nitrogen and oxygen atoms in total. The molecule has 0 saturated carbocycles. The number of rotatable bonds is 1. The van der Waals surface area contributed by atoms with Gasteiger partial charge in [0.15, 0.2) is 0 Å². The van der Waals surface area contributed by atoms with E-state index in [0.29, 0.717) is 5.91 Å². The molecular weight excluding hydrogens is 232 g/mol. The molecule has 2 saturated heterocycles. The van der Waals surface area contributed by atoms with Gasteiger partial charge in [0.25, 0.3) is 0 Å². The molecule has 0 spiro atoms. The maximum Gasteiger partial charge on any atom is 0.242 e. The van der Waals surface area contributed by atoms with Crippen molar-refractivity contribution in [3.05, 3.63) is 0 Å². The molecule has 0 aromatic carbocycles. The first-order valence-electron chi connectivity index (χ1n) is 6.61. The van der Waals surface area contributed by atoms with Gasteiger partial charge in [0.2, 0.25) is 5.91 Å². The van der Waals surface area contributed by atoms with E-state index < -0.39 is 0 Å². The first-order valence-corrected chi connectivity index (χ1v) is 7.60. The number of carbonyl (C=O) groups is 1. The highest BCUT2D eigenvalue weighted by Crippen LogP contribution is 2.31. The van der Waals surface area contributed by atoms with Crippen LogP contribution in [0.15, 0.2) is 0 Å². The van der Waals surface area contributed by atoms with Crippen LogP contribution in [0.1, 0.15) is 40.0 Å². The lowest BCUT2D eigenvalue weighted by Gasteiger charge is -2.43. The fourth-order valence-electron chi connectivity index (χ4n) is 2.78. The zero-order chi connectivity index (χ0) is 12.5. The summed E-state index contributed by atoms with van der Waals surface area (Å²) in [5.74, 6) is 1.38. The standard InChI is InChI=1S/C13H24N2OS/c1-12(2)10-15(8-9-17-12)11(16)13(3)6-4-5-7-14-13/h14H,4-10H2,1-3H3. The van der Waals surface area contributed by atoms with Gasteiger partial charge < -0.3 is 10.2 Å². The predicted octanol–water partition coefficient (Wildman–Crippen LogP) is 1.87. The van der Waals surface area contributed by atoms with Crippen LogP contribution in [0.2, 0.25) is 0 Å². The van der Waals surface area contributed by atoms with Crippen molar-refractivity contribution in [2.75, 3.05) is 25.4 Å². The van der Waals surface area contributed by atoms with Crippen LogP contribution in [0, 0.1) is 0 Å². The van der Waals surface area contributed by atoms with E-state index in [9.17, 15) is 4.79 Å². The third-order valence-electron chi connectivity index (χ3n) is 3.80. The molecule has 2 heterocycles. The van der Waals surface area contributed by atoms with E-state index in [1.807, 2.05) is 11.8 Å². The molecule has 17 heavy (non-hydrogen) atoms. The molecule has 2 rings (SSSR count). The van der Waals surface area contributed by atoms with Crippen molar-refractivity contribution >= 4 is 17.7 Å². The zero-order valence-corrected chi connectivity index (χ0v) is 12.0. The van der Waals surface area contributed by atoms with Gasteiger partial charge in [0.1, 0.15) is 0 Å². The van der Waals surface area contributed by atoms with E-state index >= 15 is 0 Å². The van der Waals surface area contributed by atoms with E-state index in [2.05, 4.69) is 31.0 Å². The highest BCUT2D eigenvalue weighted by molar-refractivity contribution is 8.00. The lowest BCUT2D eigenvalue weighted by Crippen LogP contribution is -2.60. The molecule has 0 radical (unpaired) electrons. The summed E-state index contributed by atoms with van der Waals surface area (Å²) in [6.45, 7) is 9.30. The van der Waals surface area contributed by atoms with Crippen molar-refractivity contribution in [2.24, 2.45) is 0 Å². The van der Waals surface area contributed by atoms with Gasteiger partial charge in [-0.3, -0.25) is 4.79 Å².